The molecule has 7 heteroatoms. The zero-order chi connectivity index (χ0) is 16.8. The summed E-state index contributed by atoms with van der Waals surface area (Å²) in [7, 11) is 0. The van der Waals surface area contributed by atoms with E-state index < -0.39 is 12.3 Å². The number of alkyl halides is 3. The number of carbonyl (C=O) groups excluding carboxylic acids is 2. The summed E-state index contributed by atoms with van der Waals surface area (Å²) in [5.74, 6) is -1.21. The highest BCUT2D eigenvalue weighted by molar-refractivity contribution is 5.94. The van der Waals surface area contributed by atoms with Gasteiger partial charge in [-0.05, 0) is 43.2 Å². The second-order valence-corrected chi connectivity index (χ2v) is 4.52. The van der Waals surface area contributed by atoms with Gasteiger partial charge in [-0.1, -0.05) is 12.1 Å². The Bertz CT molecular complexity index is 559. The largest absolute Gasteiger partial charge is 0.573 e. The third kappa shape index (κ3) is 6.92. The van der Waals surface area contributed by atoms with Crippen molar-refractivity contribution in [3.8, 4) is 5.75 Å². The van der Waals surface area contributed by atoms with Gasteiger partial charge in [0.2, 0.25) is 0 Å². The van der Waals surface area contributed by atoms with Crippen LogP contribution in [0.2, 0.25) is 0 Å². The molecule has 0 bridgehead atoms. The normalized spacial score (nSPS) is 12.0. The second kappa shape index (κ2) is 7.63. The fourth-order valence-electron chi connectivity index (χ4n) is 1.55. The summed E-state index contributed by atoms with van der Waals surface area (Å²) in [5, 5.41) is 0. The van der Waals surface area contributed by atoms with Crippen LogP contribution in [0, 0.1) is 0 Å². The molecule has 0 radical (unpaired) electrons. The van der Waals surface area contributed by atoms with Gasteiger partial charge in [0.1, 0.15) is 24.6 Å². The molecule has 0 saturated heterocycles. The number of hydrogen-bond donors (Lipinski definition) is 0. The van der Waals surface area contributed by atoms with Crippen LogP contribution in [0.3, 0.4) is 0 Å². The van der Waals surface area contributed by atoms with Crippen LogP contribution in [-0.4, -0.2) is 24.7 Å². The van der Waals surface area contributed by atoms with Crippen LogP contribution in [0.15, 0.2) is 30.3 Å². The van der Waals surface area contributed by atoms with Crippen molar-refractivity contribution in [3.63, 3.8) is 0 Å². The van der Waals surface area contributed by atoms with Crippen LogP contribution in [0.25, 0.3) is 5.57 Å². The molecule has 22 heavy (non-hydrogen) atoms. The van der Waals surface area contributed by atoms with Crippen molar-refractivity contribution in [1.82, 2.24) is 0 Å². The Kier molecular flexibility index (Phi) is 6.15. The molecule has 0 amide bonds. The Labute approximate surface area is 125 Å². The SMILES string of the molecule is CC(=O)CC(=O)OC/C=C(\C)c1ccc(OC(F)(F)F)cc1. The number of ether oxygens (including phenoxy) is 2. The van der Waals surface area contributed by atoms with Gasteiger partial charge >= 0.3 is 12.3 Å². The third-order valence-corrected chi connectivity index (χ3v) is 2.57. The van der Waals surface area contributed by atoms with Crippen LogP contribution in [0.1, 0.15) is 25.8 Å². The topological polar surface area (TPSA) is 52.6 Å². The number of rotatable bonds is 6. The number of Topliss-reactive ketones (excluding diaryl/α,β-unsaturated/α-hetero) is 1. The molecule has 4 nitrogen and oxygen atoms in total. The van der Waals surface area contributed by atoms with Crippen molar-refractivity contribution in [2.75, 3.05) is 6.61 Å². The summed E-state index contributed by atoms with van der Waals surface area (Å²) in [6, 6.07) is 5.32. The zero-order valence-electron chi connectivity index (χ0n) is 12.1. The second-order valence-electron chi connectivity index (χ2n) is 4.52. The molecule has 0 saturated carbocycles. The number of ketones is 1. The third-order valence-electron chi connectivity index (χ3n) is 2.57. The first-order valence-corrected chi connectivity index (χ1v) is 6.35. The Morgan fingerprint density at radius 3 is 2.23 bits per heavy atom. The van der Waals surface area contributed by atoms with Crippen LogP contribution in [-0.2, 0) is 14.3 Å². The Hall–Kier alpha value is -2.31. The average molecular weight is 316 g/mol. The summed E-state index contributed by atoms with van der Waals surface area (Å²) < 4.78 is 44.7. The molecule has 0 fully saturated rings. The van der Waals surface area contributed by atoms with E-state index >= 15 is 0 Å². The quantitative estimate of drug-likeness (QED) is 0.595. The average Bonchev–Trinajstić information content (AvgIpc) is 2.36. The summed E-state index contributed by atoms with van der Waals surface area (Å²) in [4.78, 5) is 21.8. The van der Waals surface area contributed by atoms with E-state index in [-0.39, 0.29) is 24.6 Å². The minimum absolute atomic E-state index is 0.0151. The number of allylic oxidation sites excluding steroid dienone is 1. The van der Waals surface area contributed by atoms with Gasteiger partial charge in [0.15, 0.2) is 0 Å². The molecule has 0 atom stereocenters. The molecule has 0 aliphatic heterocycles. The standard InChI is InChI=1S/C15H15F3O4/c1-10(7-8-21-14(20)9-11(2)19)12-3-5-13(6-4-12)22-15(16,17)18/h3-7H,8-9H2,1-2H3/b10-7+. The monoisotopic (exact) mass is 316 g/mol. The van der Waals surface area contributed by atoms with E-state index in [0.29, 0.717) is 11.1 Å². The molecule has 0 spiro atoms. The molecule has 120 valence electrons. The number of halogens is 3. The molecule has 1 rings (SSSR count). The maximum Gasteiger partial charge on any atom is 0.573 e. The maximum atomic E-state index is 12.0. The van der Waals surface area contributed by atoms with E-state index in [4.69, 9.17) is 4.74 Å². The van der Waals surface area contributed by atoms with Crippen molar-refractivity contribution in [2.45, 2.75) is 26.6 Å². The van der Waals surface area contributed by atoms with Gasteiger partial charge < -0.3 is 9.47 Å². The molecule has 0 unspecified atom stereocenters. The fourth-order valence-corrected chi connectivity index (χ4v) is 1.55. The molecule has 0 aromatic heterocycles. The van der Waals surface area contributed by atoms with E-state index in [9.17, 15) is 22.8 Å². The van der Waals surface area contributed by atoms with Gasteiger partial charge in [-0.15, -0.1) is 13.2 Å². The number of esters is 1. The van der Waals surface area contributed by atoms with Crippen LogP contribution in [0.4, 0.5) is 13.2 Å². The first-order chi connectivity index (χ1) is 10.2. The van der Waals surface area contributed by atoms with Gasteiger partial charge in [-0.3, -0.25) is 9.59 Å². The zero-order valence-corrected chi connectivity index (χ0v) is 12.1. The number of benzene rings is 1. The predicted molar refractivity (Wildman–Crippen MR) is 73.0 cm³/mol. The lowest BCUT2D eigenvalue weighted by atomic mass is 10.1. The Morgan fingerprint density at radius 2 is 1.73 bits per heavy atom. The highest BCUT2D eigenvalue weighted by Gasteiger charge is 2.30. The lowest BCUT2D eigenvalue weighted by Crippen LogP contribution is -2.16. The summed E-state index contributed by atoms with van der Waals surface area (Å²) in [5.41, 5.74) is 1.38. The van der Waals surface area contributed by atoms with E-state index in [1.54, 1.807) is 13.0 Å². The maximum absolute atomic E-state index is 12.0. The summed E-state index contributed by atoms with van der Waals surface area (Å²) in [6.07, 6.45) is -3.41. The summed E-state index contributed by atoms with van der Waals surface area (Å²) in [6.45, 7) is 2.99. The molecular formula is C15H15F3O4. The highest BCUT2D eigenvalue weighted by Crippen LogP contribution is 2.24. The van der Waals surface area contributed by atoms with Crippen molar-refractivity contribution >= 4 is 17.3 Å². The lowest BCUT2D eigenvalue weighted by molar-refractivity contribution is -0.274. The van der Waals surface area contributed by atoms with Crippen LogP contribution >= 0.6 is 0 Å². The lowest BCUT2D eigenvalue weighted by Gasteiger charge is -2.09. The van der Waals surface area contributed by atoms with E-state index in [0.717, 1.165) is 0 Å². The van der Waals surface area contributed by atoms with Gasteiger partial charge in [0.05, 0.1) is 0 Å². The molecule has 0 heterocycles. The molecule has 1 aromatic rings. The van der Waals surface area contributed by atoms with Crippen LogP contribution in [0.5, 0.6) is 5.75 Å². The molecule has 0 aliphatic rings. The van der Waals surface area contributed by atoms with Gasteiger partial charge in [0, 0.05) is 0 Å². The van der Waals surface area contributed by atoms with Crippen molar-refractivity contribution in [3.05, 3.63) is 35.9 Å². The van der Waals surface area contributed by atoms with E-state index in [2.05, 4.69) is 4.74 Å². The van der Waals surface area contributed by atoms with Gasteiger partial charge in [-0.25, -0.2) is 0 Å². The van der Waals surface area contributed by atoms with E-state index in [1.165, 1.54) is 31.2 Å². The minimum atomic E-state index is -4.72. The van der Waals surface area contributed by atoms with Crippen molar-refractivity contribution < 1.29 is 32.2 Å². The van der Waals surface area contributed by atoms with Crippen molar-refractivity contribution in [2.24, 2.45) is 0 Å². The van der Waals surface area contributed by atoms with Crippen LogP contribution < -0.4 is 4.74 Å². The smallest absolute Gasteiger partial charge is 0.461 e. The van der Waals surface area contributed by atoms with Crippen molar-refractivity contribution in [1.29, 1.82) is 0 Å². The van der Waals surface area contributed by atoms with E-state index in [1.807, 2.05) is 0 Å². The first-order valence-electron chi connectivity index (χ1n) is 6.35. The number of carbonyl (C=O) groups is 2. The molecule has 0 N–H and O–H groups in total. The molecular weight excluding hydrogens is 301 g/mol. The fraction of sp³-hybridized carbons (Fsp3) is 0.333. The Balaban J connectivity index is 2.58. The van der Waals surface area contributed by atoms with Gasteiger partial charge in [-0.2, -0.15) is 0 Å². The first kappa shape index (κ1) is 17.7. The molecule has 0 aliphatic carbocycles. The molecule has 1 aromatic carbocycles. The Morgan fingerprint density at radius 1 is 1.14 bits per heavy atom. The number of hydrogen-bond acceptors (Lipinski definition) is 4. The van der Waals surface area contributed by atoms with Gasteiger partial charge in [0.25, 0.3) is 0 Å². The minimum Gasteiger partial charge on any atom is -0.461 e. The highest BCUT2D eigenvalue weighted by atomic mass is 19.4. The summed E-state index contributed by atoms with van der Waals surface area (Å²) >= 11 is 0. The predicted octanol–water partition coefficient (Wildman–Crippen LogP) is 3.51.